The van der Waals surface area contributed by atoms with Crippen molar-refractivity contribution in [2.75, 3.05) is 13.2 Å². The molecule has 0 aliphatic carbocycles. The Morgan fingerprint density at radius 1 is 0.611 bits per heavy atom. The van der Waals surface area contributed by atoms with Crippen LogP contribution in [0.15, 0.2) is 24.3 Å². The van der Waals surface area contributed by atoms with Crippen molar-refractivity contribution in [2.45, 2.75) is 87.7 Å². The van der Waals surface area contributed by atoms with Crippen LogP contribution >= 0.6 is 0 Å². The predicted octanol–water partition coefficient (Wildman–Crippen LogP) is -1.21. The van der Waals surface area contributed by atoms with Gasteiger partial charge in [-0.25, -0.2) is 0 Å². The first kappa shape index (κ1) is 28.9. The average Bonchev–Trinajstić information content (AvgIpc) is 2.85. The first-order valence-electron chi connectivity index (χ1n) is 12.1. The summed E-state index contributed by atoms with van der Waals surface area (Å²) in [5.74, 6) is 0. The monoisotopic (exact) mass is 510 g/mol. The van der Waals surface area contributed by atoms with Gasteiger partial charge in [-0.15, -0.1) is 0 Å². The molecule has 0 aromatic heterocycles. The van der Waals surface area contributed by atoms with E-state index in [1.165, 1.54) is 0 Å². The molecule has 1 aromatic carbocycles. The van der Waals surface area contributed by atoms with Gasteiger partial charge in [0.05, 0.1) is 25.4 Å². The van der Waals surface area contributed by atoms with Crippen molar-refractivity contribution in [3.8, 4) is 0 Å². The van der Waals surface area contributed by atoms with Gasteiger partial charge in [0, 0.05) is 0 Å². The van der Waals surface area contributed by atoms with E-state index in [-0.39, 0.29) is 12.8 Å². The summed E-state index contributed by atoms with van der Waals surface area (Å²) in [7, 11) is 0. The summed E-state index contributed by atoms with van der Waals surface area (Å²) in [5, 5.41) is 78.7. The minimum absolute atomic E-state index is 0.278. The second kappa shape index (κ2) is 12.7. The zero-order valence-electron chi connectivity index (χ0n) is 20.5. The number of aliphatic hydroxyl groups is 8. The van der Waals surface area contributed by atoms with Crippen LogP contribution in [0.25, 0.3) is 12.2 Å². The van der Waals surface area contributed by atoms with Crippen LogP contribution in [0.4, 0.5) is 0 Å². The van der Waals surface area contributed by atoms with Gasteiger partial charge >= 0.3 is 0 Å². The molecule has 8 N–H and O–H groups in total. The molecule has 2 aliphatic rings. The molecule has 2 fully saturated rings. The van der Waals surface area contributed by atoms with E-state index in [1.54, 1.807) is 6.08 Å². The number of rotatable bonds is 8. The molecule has 202 valence electrons. The fourth-order valence-electron chi connectivity index (χ4n) is 4.77. The van der Waals surface area contributed by atoms with Crippen molar-refractivity contribution in [2.24, 2.45) is 0 Å². The molecule has 0 bridgehead atoms. The van der Waals surface area contributed by atoms with Crippen LogP contribution in [0.2, 0.25) is 0 Å². The summed E-state index contributed by atoms with van der Waals surface area (Å²) in [6.45, 7) is 2.98. The van der Waals surface area contributed by atoms with E-state index in [4.69, 9.17) is 9.47 Å². The molecular formula is C26H38O10. The molecule has 1 aromatic rings. The molecule has 10 atom stereocenters. The van der Waals surface area contributed by atoms with Crippen LogP contribution in [0.3, 0.4) is 0 Å². The maximum absolute atomic E-state index is 10.2. The Balaban J connectivity index is 1.62. The second-order valence-corrected chi connectivity index (χ2v) is 9.58. The van der Waals surface area contributed by atoms with Crippen LogP contribution in [-0.4, -0.2) is 115 Å². The summed E-state index contributed by atoms with van der Waals surface area (Å²) in [6.07, 6.45) is -3.54. The first-order valence-corrected chi connectivity index (χ1v) is 12.1. The number of aryl methyl sites for hydroxylation is 2. The maximum atomic E-state index is 10.2. The van der Waals surface area contributed by atoms with Gasteiger partial charge in [-0.2, -0.15) is 0 Å². The van der Waals surface area contributed by atoms with E-state index >= 15 is 0 Å². The Bertz CT molecular complexity index is 891. The highest BCUT2D eigenvalue weighted by Gasteiger charge is 2.43. The van der Waals surface area contributed by atoms with Gasteiger partial charge in [0.25, 0.3) is 0 Å². The highest BCUT2D eigenvalue weighted by molar-refractivity contribution is 5.63. The van der Waals surface area contributed by atoms with Gasteiger partial charge < -0.3 is 50.3 Å². The lowest BCUT2D eigenvalue weighted by atomic mass is 9.92. The first-order chi connectivity index (χ1) is 17.1. The molecule has 36 heavy (non-hydrogen) atoms. The lowest BCUT2D eigenvalue weighted by molar-refractivity contribution is -0.227. The van der Waals surface area contributed by atoms with E-state index < -0.39 is 74.3 Å². The smallest absolute Gasteiger partial charge is 0.111 e. The molecule has 3 rings (SSSR count). The summed E-state index contributed by atoms with van der Waals surface area (Å²) >= 11 is 0. The van der Waals surface area contributed by atoms with Crippen molar-refractivity contribution >= 4 is 12.2 Å². The lowest BCUT2D eigenvalue weighted by Gasteiger charge is -2.39. The van der Waals surface area contributed by atoms with Gasteiger partial charge in [0.1, 0.15) is 48.8 Å². The summed E-state index contributed by atoms with van der Waals surface area (Å²) in [5.41, 5.74) is 3.88. The van der Waals surface area contributed by atoms with Gasteiger partial charge in [-0.1, -0.05) is 36.4 Å². The lowest BCUT2D eigenvalue weighted by Crippen LogP contribution is -2.58. The topological polar surface area (TPSA) is 180 Å². The van der Waals surface area contributed by atoms with Gasteiger partial charge in [-0.05, 0) is 48.9 Å². The normalized spacial score (nSPS) is 37.7. The maximum Gasteiger partial charge on any atom is 0.111 e. The zero-order chi connectivity index (χ0) is 26.6. The molecule has 2 aliphatic heterocycles. The van der Waals surface area contributed by atoms with Gasteiger partial charge in [0.15, 0.2) is 0 Å². The minimum atomic E-state index is -1.40. The average molecular weight is 511 g/mol. The van der Waals surface area contributed by atoms with E-state index in [0.717, 1.165) is 22.3 Å². The van der Waals surface area contributed by atoms with Gasteiger partial charge in [0.2, 0.25) is 0 Å². The van der Waals surface area contributed by atoms with Gasteiger partial charge in [-0.3, -0.25) is 0 Å². The quantitative estimate of drug-likeness (QED) is 0.212. The molecule has 0 unspecified atom stereocenters. The standard InChI is InChI=1S/C26H38O10/c1-13-9-15(5-3-7-17-21(29)25(33)23(31)19(11-27)35-17)10-14(2)16(13)6-4-8-18-22(30)26(34)24(32)20(12-28)36-18/h3-6,9-10,17-34H,7-8,11-12H2,1-2H3/b5-3+,6-4+/t17-,18-,19-,20-,21-,22+,23-,24-,25-,26-/m1/s1. The van der Waals surface area contributed by atoms with Crippen molar-refractivity contribution in [1.82, 2.24) is 0 Å². The SMILES string of the molecule is Cc1cc(/C=C/C[C@H]2O[C@H](CO)[C@@H](O)[C@H](O)[C@@H]2O)cc(C)c1/C=C/C[C@H]1O[C@H](CO)[C@@H](O)[C@H](O)[C@H]1O. The molecule has 0 amide bonds. The largest absolute Gasteiger partial charge is 0.394 e. The van der Waals surface area contributed by atoms with Crippen LogP contribution < -0.4 is 0 Å². The minimum Gasteiger partial charge on any atom is -0.394 e. The van der Waals surface area contributed by atoms with Crippen molar-refractivity contribution in [1.29, 1.82) is 0 Å². The Hall–Kier alpha value is -1.70. The summed E-state index contributed by atoms with van der Waals surface area (Å²) in [4.78, 5) is 0. The number of benzene rings is 1. The molecule has 0 spiro atoms. The fraction of sp³-hybridized carbons (Fsp3) is 0.615. The van der Waals surface area contributed by atoms with Crippen LogP contribution in [0, 0.1) is 13.8 Å². The number of aliphatic hydroxyl groups excluding tert-OH is 8. The third kappa shape index (κ3) is 6.40. The second-order valence-electron chi connectivity index (χ2n) is 9.58. The number of hydrogen-bond acceptors (Lipinski definition) is 10. The Morgan fingerprint density at radius 2 is 1.00 bits per heavy atom. The molecule has 10 nitrogen and oxygen atoms in total. The predicted molar refractivity (Wildman–Crippen MR) is 131 cm³/mol. The van der Waals surface area contributed by atoms with Crippen LogP contribution in [0.5, 0.6) is 0 Å². The molecule has 2 heterocycles. The summed E-state index contributed by atoms with van der Waals surface area (Å²) in [6, 6.07) is 3.95. The van der Waals surface area contributed by atoms with E-state index in [1.807, 2.05) is 44.2 Å². The molecular weight excluding hydrogens is 472 g/mol. The highest BCUT2D eigenvalue weighted by Crippen LogP contribution is 2.26. The Kier molecular flexibility index (Phi) is 10.2. The van der Waals surface area contributed by atoms with Crippen LogP contribution in [-0.2, 0) is 9.47 Å². The Morgan fingerprint density at radius 3 is 1.42 bits per heavy atom. The number of ether oxygens (including phenoxy) is 2. The number of hydrogen-bond donors (Lipinski definition) is 8. The fourth-order valence-corrected chi connectivity index (χ4v) is 4.77. The molecule has 0 radical (unpaired) electrons. The van der Waals surface area contributed by atoms with Crippen molar-refractivity contribution in [3.63, 3.8) is 0 Å². The Labute approximate surface area is 210 Å². The van der Waals surface area contributed by atoms with E-state index in [2.05, 4.69) is 0 Å². The van der Waals surface area contributed by atoms with E-state index in [9.17, 15) is 40.9 Å². The molecule has 2 saturated heterocycles. The summed E-state index contributed by atoms with van der Waals surface area (Å²) < 4.78 is 11.1. The van der Waals surface area contributed by atoms with Crippen LogP contribution in [0.1, 0.15) is 35.1 Å². The highest BCUT2D eigenvalue weighted by atomic mass is 16.5. The van der Waals surface area contributed by atoms with E-state index in [0.29, 0.717) is 0 Å². The zero-order valence-corrected chi connectivity index (χ0v) is 20.5. The third-order valence-corrected chi connectivity index (χ3v) is 6.93. The van der Waals surface area contributed by atoms with Crippen molar-refractivity contribution < 1.29 is 50.3 Å². The molecule has 0 saturated carbocycles. The third-order valence-electron chi connectivity index (χ3n) is 6.93. The van der Waals surface area contributed by atoms with Crippen molar-refractivity contribution in [3.05, 3.63) is 46.5 Å². The molecule has 10 heteroatoms.